The second-order valence-electron chi connectivity index (χ2n) is 3.40. The molecule has 1 aromatic heterocycles. The molecule has 0 radical (unpaired) electrons. The third kappa shape index (κ3) is 1.79. The lowest BCUT2D eigenvalue weighted by Crippen LogP contribution is -2.23. The smallest absolute Gasteiger partial charge is 0.381 e. The van der Waals surface area contributed by atoms with E-state index in [0.717, 1.165) is 6.07 Å². The fourth-order valence-electron chi connectivity index (χ4n) is 1.35. The van der Waals surface area contributed by atoms with Gasteiger partial charge in [0.15, 0.2) is 5.58 Å². The van der Waals surface area contributed by atoms with Gasteiger partial charge < -0.3 is 9.52 Å². The molecule has 0 aliphatic heterocycles. The van der Waals surface area contributed by atoms with Gasteiger partial charge in [0.1, 0.15) is 11.1 Å². The predicted octanol–water partition coefficient (Wildman–Crippen LogP) is 2.88. The zero-order chi connectivity index (χ0) is 13.5. The van der Waals surface area contributed by atoms with E-state index in [1.165, 1.54) is 12.1 Å². The van der Waals surface area contributed by atoms with Crippen molar-refractivity contribution >= 4 is 17.1 Å². The number of hydrogen-bond donors (Lipinski definition) is 1. The molecule has 0 aliphatic rings. The molecule has 2 rings (SSSR count). The number of carboxylic acids is 1. The zero-order valence-electron chi connectivity index (χ0n) is 8.53. The van der Waals surface area contributed by atoms with Gasteiger partial charge in [0.2, 0.25) is 0 Å². The largest absolute Gasteiger partial charge is 0.478 e. The zero-order valence-corrected chi connectivity index (χ0v) is 8.53. The van der Waals surface area contributed by atoms with Crippen molar-refractivity contribution in [2.75, 3.05) is 0 Å². The minimum absolute atomic E-state index is 0.217. The molecule has 0 unspecified atom stereocenters. The summed E-state index contributed by atoms with van der Waals surface area (Å²) in [6.07, 6.45) is -3.99. The molecule has 0 saturated carbocycles. The number of alkyl halides is 4. The molecule has 0 bridgehead atoms. The van der Waals surface area contributed by atoms with E-state index in [0.29, 0.717) is 0 Å². The van der Waals surface area contributed by atoms with Crippen LogP contribution in [0.3, 0.4) is 0 Å². The number of rotatable bonds is 3. The molecule has 0 saturated heterocycles. The minimum Gasteiger partial charge on any atom is -0.478 e. The van der Waals surface area contributed by atoms with Crippen LogP contribution in [0.5, 0.6) is 0 Å². The predicted molar refractivity (Wildman–Crippen MR) is 50.9 cm³/mol. The van der Waals surface area contributed by atoms with Gasteiger partial charge in [0.05, 0.1) is 0 Å². The summed E-state index contributed by atoms with van der Waals surface area (Å²) in [4.78, 5) is 14.0. The molecule has 1 aromatic carbocycles. The summed E-state index contributed by atoms with van der Waals surface area (Å²) in [6.45, 7) is 0. The number of carboxylic acid groups (broad SMARTS) is 1. The summed E-state index contributed by atoms with van der Waals surface area (Å²) in [6, 6.07) is 3.54. The second-order valence-corrected chi connectivity index (χ2v) is 3.40. The molecule has 0 amide bonds. The van der Waals surface area contributed by atoms with Crippen LogP contribution in [0.15, 0.2) is 22.6 Å². The molecule has 0 aliphatic carbocycles. The number of fused-ring (bicyclic) bond motifs is 1. The molecule has 0 spiro atoms. The van der Waals surface area contributed by atoms with Gasteiger partial charge >= 0.3 is 18.3 Å². The minimum atomic E-state index is -4.56. The van der Waals surface area contributed by atoms with E-state index in [1.54, 1.807) is 0 Å². The molecule has 1 N–H and O–H groups in total. The number of nitrogens with zero attached hydrogens (tertiary/aromatic N) is 1. The summed E-state index contributed by atoms with van der Waals surface area (Å²) >= 11 is 0. The molecular weight excluding hydrogens is 258 g/mol. The van der Waals surface area contributed by atoms with E-state index in [9.17, 15) is 22.4 Å². The van der Waals surface area contributed by atoms with E-state index >= 15 is 0 Å². The van der Waals surface area contributed by atoms with Gasteiger partial charge in [-0.2, -0.15) is 8.78 Å². The Kier molecular flexibility index (Phi) is 2.72. The van der Waals surface area contributed by atoms with Crippen LogP contribution in [0.2, 0.25) is 0 Å². The molecule has 0 fully saturated rings. The third-order valence-electron chi connectivity index (χ3n) is 2.20. The van der Waals surface area contributed by atoms with Gasteiger partial charge in [0.25, 0.3) is 5.89 Å². The maximum Gasteiger partial charge on any atom is 0.381 e. The average molecular weight is 263 g/mol. The first-order valence-electron chi connectivity index (χ1n) is 4.63. The number of oxazole rings is 1. The van der Waals surface area contributed by atoms with Crippen LogP contribution >= 0.6 is 0 Å². The number of para-hydroxylation sites is 1. The van der Waals surface area contributed by atoms with E-state index in [2.05, 4.69) is 9.40 Å². The van der Waals surface area contributed by atoms with Crippen molar-refractivity contribution in [2.24, 2.45) is 0 Å². The van der Waals surface area contributed by atoms with E-state index < -0.39 is 35.4 Å². The van der Waals surface area contributed by atoms with Crippen LogP contribution < -0.4 is 0 Å². The highest BCUT2D eigenvalue weighted by Crippen LogP contribution is 2.36. The summed E-state index contributed by atoms with van der Waals surface area (Å²) in [5.74, 6) is -7.49. The van der Waals surface area contributed by atoms with E-state index in [1.807, 2.05) is 0 Å². The van der Waals surface area contributed by atoms with Gasteiger partial charge in [-0.15, -0.1) is 0 Å². The maximum absolute atomic E-state index is 13.0. The number of aromatic nitrogens is 1. The number of halogens is 4. The molecule has 0 atom stereocenters. The van der Waals surface area contributed by atoms with E-state index in [-0.39, 0.29) is 5.52 Å². The van der Waals surface area contributed by atoms with Crippen molar-refractivity contribution in [3.8, 4) is 0 Å². The van der Waals surface area contributed by atoms with Gasteiger partial charge in [-0.05, 0) is 12.1 Å². The highest BCUT2D eigenvalue weighted by atomic mass is 19.3. The maximum atomic E-state index is 13.0. The van der Waals surface area contributed by atoms with Crippen LogP contribution in [-0.4, -0.2) is 22.5 Å². The Bertz CT molecular complexity index is 608. The van der Waals surface area contributed by atoms with Crippen LogP contribution in [0.25, 0.3) is 11.1 Å². The van der Waals surface area contributed by atoms with Crippen LogP contribution in [0.1, 0.15) is 16.2 Å². The Morgan fingerprint density at radius 2 is 2.06 bits per heavy atom. The first-order chi connectivity index (χ1) is 8.34. The fraction of sp³-hybridized carbons (Fsp3) is 0.200. The van der Waals surface area contributed by atoms with Crippen molar-refractivity contribution in [1.29, 1.82) is 0 Å². The van der Waals surface area contributed by atoms with Crippen LogP contribution in [-0.2, 0) is 5.92 Å². The number of hydrogen-bond acceptors (Lipinski definition) is 3. The number of aromatic carboxylic acids is 1. The normalized spacial score (nSPS) is 12.3. The SMILES string of the molecule is O=C(O)c1cccc2nc(C(F)(F)C(F)F)oc12. The van der Waals surface area contributed by atoms with Crippen molar-refractivity contribution < 1.29 is 31.9 Å². The van der Waals surface area contributed by atoms with Crippen LogP contribution in [0, 0.1) is 0 Å². The van der Waals surface area contributed by atoms with Gasteiger partial charge in [-0.25, -0.2) is 18.6 Å². The molecule has 1 heterocycles. The summed E-state index contributed by atoms with van der Waals surface area (Å²) in [5, 5.41) is 8.78. The number of benzene rings is 1. The topological polar surface area (TPSA) is 63.3 Å². The summed E-state index contributed by atoms with van der Waals surface area (Å²) in [5.41, 5.74) is -1.10. The monoisotopic (exact) mass is 263 g/mol. The lowest BCUT2D eigenvalue weighted by Gasteiger charge is -2.09. The third-order valence-corrected chi connectivity index (χ3v) is 2.20. The lowest BCUT2D eigenvalue weighted by atomic mass is 10.2. The Morgan fingerprint density at radius 3 is 2.61 bits per heavy atom. The van der Waals surface area contributed by atoms with Crippen molar-refractivity contribution in [1.82, 2.24) is 4.98 Å². The standard InChI is InChI=1S/C10H5F4NO3/c11-8(12)10(13,14)9-15-5-3-1-2-4(7(16)17)6(5)18-9/h1-3,8H,(H,16,17). The van der Waals surface area contributed by atoms with Gasteiger partial charge in [0, 0.05) is 0 Å². The molecule has 4 nitrogen and oxygen atoms in total. The highest BCUT2D eigenvalue weighted by molar-refractivity contribution is 5.99. The molecule has 2 aromatic rings. The van der Waals surface area contributed by atoms with E-state index in [4.69, 9.17) is 5.11 Å². The molecular formula is C10H5F4NO3. The molecule has 18 heavy (non-hydrogen) atoms. The van der Waals surface area contributed by atoms with Gasteiger partial charge in [-0.3, -0.25) is 0 Å². The lowest BCUT2D eigenvalue weighted by molar-refractivity contribution is -0.150. The van der Waals surface area contributed by atoms with Crippen molar-refractivity contribution in [3.63, 3.8) is 0 Å². The fourth-order valence-corrected chi connectivity index (χ4v) is 1.35. The van der Waals surface area contributed by atoms with Crippen molar-refractivity contribution in [3.05, 3.63) is 29.7 Å². The highest BCUT2D eigenvalue weighted by Gasteiger charge is 2.48. The first-order valence-corrected chi connectivity index (χ1v) is 4.63. The average Bonchev–Trinajstić information content (AvgIpc) is 2.72. The Balaban J connectivity index is 2.65. The van der Waals surface area contributed by atoms with Crippen LogP contribution in [0.4, 0.5) is 17.6 Å². The Hall–Kier alpha value is -2.12. The summed E-state index contributed by atoms with van der Waals surface area (Å²) < 4.78 is 54.7. The second kappa shape index (κ2) is 3.97. The number of carbonyl (C=O) groups is 1. The van der Waals surface area contributed by atoms with Gasteiger partial charge in [-0.1, -0.05) is 6.07 Å². The van der Waals surface area contributed by atoms with Crippen molar-refractivity contribution in [2.45, 2.75) is 12.3 Å². The Morgan fingerprint density at radius 1 is 1.39 bits per heavy atom. The molecule has 8 heteroatoms. The summed E-state index contributed by atoms with van der Waals surface area (Å²) in [7, 11) is 0. The first kappa shape index (κ1) is 12.3. The quantitative estimate of drug-likeness (QED) is 0.865. The Labute approximate surface area is 96.8 Å². The molecule has 96 valence electrons.